The molecule has 0 aliphatic rings. The molecule has 0 saturated heterocycles. The number of hydrogen-bond donors (Lipinski definition) is 1. The first-order valence-electron chi connectivity index (χ1n) is 9.34. The summed E-state index contributed by atoms with van der Waals surface area (Å²) >= 11 is 1.35. The summed E-state index contributed by atoms with van der Waals surface area (Å²) in [4.78, 5) is 16.7. The monoisotopic (exact) mass is 421 g/mol. The van der Waals surface area contributed by atoms with Gasteiger partial charge in [-0.1, -0.05) is 72.8 Å². The number of ether oxygens (including phenoxy) is 1. The minimum atomic E-state index is -0.327. The molecule has 0 unspecified atom stereocenters. The number of amides is 1. The molecular formula is C21H19N5O3S. The van der Waals surface area contributed by atoms with Crippen LogP contribution >= 0.6 is 11.3 Å². The SMILES string of the molecule is CC(C)c1nnc(NC(=O)COc2ccccc2-c2nc(-c3ccccc3)no2)s1. The van der Waals surface area contributed by atoms with Crippen LogP contribution < -0.4 is 10.1 Å². The Balaban J connectivity index is 1.45. The van der Waals surface area contributed by atoms with Gasteiger partial charge in [0.05, 0.1) is 5.56 Å². The maximum atomic E-state index is 12.3. The van der Waals surface area contributed by atoms with Crippen LogP contribution in [-0.4, -0.2) is 32.9 Å². The van der Waals surface area contributed by atoms with Crippen LogP contribution in [0.25, 0.3) is 22.8 Å². The zero-order valence-electron chi connectivity index (χ0n) is 16.4. The predicted molar refractivity (Wildman–Crippen MR) is 113 cm³/mol. The predicted octanol–water partition coefficient (Wildman–Crippen LogP) is 4.40. The second-order valence-electron chi connectivity index (χ2n) is 6.72. The van der Waals surface area contributed by atoms with Gasteiger partial charge in [-0.2, -0.15) is 4.98 Å². The Morgan fingerprint density at radius 1 is 1.10 bits per heavy atom. The molecule has 2 aromatic heterocycles. The van der Waals surface area contributed by atoms with Gasteiger partial charge in [0.25, 0.3) is 11.8 Å². The molecule has 0 saturated carbocycles. The van der Waals surface area contributed by atoms with Crippen molar-refractivity contribution in [1.29, 1.82) is 0 Å². The highest BCUT2D eigenvalue weighted by Crippen LogP contribution is 2.30. The number of carbonyl (C=O) groups is 1. The number of anilines is 1. The van der Waals surface area contributed by atoms with E-state index in [2.05, 4.69) is 25.7 Å². The Kier molecular flexibility index (Phi) is 5.80. The molecule has 8 nitrogen and oxygen atoms in total. The quantitative estimate of drug-likeness (QED) is 0.472. The molecule has 4 aromatic rings. The van der Waals surface area contributed by atoms with Gasteiger partial charge in [-0.3, -0.25) is 10.1 Å². The second kappa shape index (κ2) is 8.83. The molecule has 2 aromatic carbocycles. The lowest BCUT2D eigenvalue weighted by atomic mass is 10.2. The maximum absolute atomic E-state index is 12.3. The van der Waals surface area contributed by atoms with E-state index in [9.17, 15) is 4.79 Å². The molecular weight excluding hydrogens is 402 g/mol. The number of carbonyl (C=O) groups excluding carboxylic acids is 1. The molecule has 0 radical (unpaired) electrons. The summed E-state index contributed by atoms with van der Waals surface area (Å²) in [6, 6.07) is 16.7. The van der Waals surface area contributed by atoms with E-state index >= 15 is 0 Å². The van der Waals surface area contributed by atoms with Gasteiger partial charge in [0.15, 0.2) is 6.61 Å². The number of nitrogens with zero attached hydrogens (tertiary/aromatic N) is 4. The van der Waals surface area contributed by atoms with E-state index in [-0.39, 0.29) is 18.4 Å². The van der Waals surface area contributed by atoms with Crippen LogP contribution in [0.5, 0.6) is 5.75 Å². The zero-order valence-corrected chi connectivity index (χ0v) is 17.2. The molecule has 152 valence electrons. The van der Waals surface area contributed by atoms with Crippen molar-refractivity contribution in [2.45, 2.75) is 19.8 Å². The maximum Gasteiger partial charge on any atom is 0.264 e. The van der Waals surface area contributed by atoms with Crippen LogP contribution in [0, 0.1) is 0 Å². The third-order valence-corrected chi connectivity index (χ3v) is 5.25. The van der Waals surface area contributed by atoms with Crippen molar-refractivity contribution in [3.63, 3.8) is 0 Å². The van der Waals surface area contributed by atoms with Crippen LogP contribution in [0.3, 0.4) is 0 Å². The number of aromatic nitrogens is 4. The molecule has 0 fully saturated rings. The van der Waals surface area contributed by atoms with Crippen LogP contribution in [0.4, 0.5) is 5.13 Å². The Bertz CT molecular complexity index is 1140. The van der Waals surface area contributed by atoms with Crippen molar-refractivity contribution >= 4 is 22.4 Å². The van der Waals surface area contributed by atoms with Gasteiger partial charge in [-0.05, 0) is 12.1 Å². The summed E-state index contributed by atoms with van der Waals surface area (Å²) in [7, 11) is 0. The van der Waals surface area contributed by atoms with Crippen LogP contribution in [-0.2, 0) is 4.79 Å². The lowest BCUT2D eigenvalue weighted by molar-refractivity contribution is -0.118. The van der Waals surface area contributed by atoms with Gasteiger partial charge in [-0.15, -0.1) is 10.2 Å². The summed E-state index contributed by atoms with van der Waals surface area (Å²) in [6.07, 6.45) is 0. The van der Waals surface area contributed by atoms with Crippen molar-refractivity contribution in [3.8, 4) is 28.6 Å². The Morgan fingerprint density at radius 3 is 2.63 bits per heavy atom. The van der Waals surface area contributed by atoms with Crippen molar-refractivity contribution in [3.05, 3.63) is 59.6 Å². The van der Waals surface area contributed by atoms with Gasteiger partial charge in [0.2, 0.25) is 11.0 Å². The first kappa shape index (κ1) is 19.7. The fourth-order valence-corrected chi connectivity index (χ4v) is 3.39. The van der Waals surface area contributed by atoms with E-state index in [0.29, 0.717) is 28.2 Å². The summed E-state index contributed by atoms with van der Waals surface area (Å²) in [5.41, 5.74) is 1.46. The molecule has 0 atom stereocenters. The van der Waals surface area contributed by atoms with E-state index < -0.39 is 0 Å². The summed E-state index contributed by atoms with van der Waals surface area (Å²) in [5.74, 6) is 1.19. The molecule has 0 bridgehead atoms. The summed E-state index contributed by atoms with van der Waals surface area (Å²) in [6.45, 7) is 3.85. The Labute approximate surface area is 176 Å². The molecule has 4 rings (SSSR count). The highest BCUT2D eigenvalue weighted by Gasteiger charge is 2.16. The van der Waals surface area contributed by atoms with Gasteiger partial charge in [-0.25, -0.2) is 0 Å². The molecule has 0 aliphatic heterocycles. The lowest BCUT2D eigenvalue weighted by Crippen LogP contribution is -2.20. The molecule has 9 heteroatoms. The van der Waals surface area contributed by atoms with E-state index in [0.717, 1.165) is 10.6 Å². The van der Waals surface area contributed by atoms with E-state index in [4.69, 9.17) is 9.26 Å². The Morgan fingerprint density at radius 2 is 1.87 bits per heavy atom. The minimum Gasteiger partial charge on any atom is -0.483 e. The third kappa shape index (κ3) is 4.52. The summed E-state index contributed by atoms with van der Waals surface area (Å²) in [5, 5.41) is 16.1. The van der Waals surface area contributed by atoms with Gasteiger partial charge in [0, 0.05) is 11.5 Å². The lowest BCUT2D eigenvalue weighted by Gasteiger charge is -2.08. The fraction of sp³-hybridized carbons (Fsp3) is 0.190. The second-order valence-corrected chi connectivity index (χ2v) is 7.73. The van der Waals surface area contributed by atoms with Gasteiger partial charge >= 0.3 is 0 Å². The molecule has 0 aliphatic carbocycles. The average molecular weight is 421 g/mol. The molecule has 1 N–H and O–H groups in total. The molecule has 2 heterocycles. The fourth-order valence-electron chi connectivity index (χ4n) is 2.62. The van der Waals surface area contributed by atoms with Crippen molar-refractivity contribution in [1.82, 2.24) is 20.3 Å². The highest BCUT2D eigenvalue weighted by molar-refractivity contribution is 7.15. The van der Waals surface area contributed by atoms with Gasteiger partial charge in [0.1, 0.15) is 10.8 Å². The van der Waals surface area contributed by atoms with Crippen molar-refractivity contribution < 1.29 is 14.1 Å². The Hall–Kier alpha value is -3.59. The van der Waals surface area contributed by atoms with Crippen LogP contribution in [0.1, 0.15) is 24.8 Å². The van der Waals surface area contributed by atoms with Crippen LogP contribution in [0.2, 0.25) is 0 Å². The standard InChI is InChI=1S/C21H19N5O3S/c1-13(2)20-24-25-21(30-20)22-17(27)12-28-16-11-7-6-10-15(16)19-23-18(26-29-19)14-8-4-3-5-9-14/h3-11,13H,12H2,1-2H3,(H,22,25,27). The smallest absolute Gasteiger partial charge is 0.264 e. The van der Waals surface area contributed by atoms with Crippen molar-refractivity contribution in [2.75, 3.05) is 11.9 Å². The molecule has 1 amide bonds. The van der Waals surface area contributed by atoms with Crippen LogP contribution in [0.15, 0.2) is 59.1 Å². The first-order chi connectivity index (χ1) is 14.6. The van der Waals surface area contributed by atoms with E-state index in [1.54, 1.807) is 12.1 Å². The normalized spacial score (nSPS) is 10.9. The number of nitrogens with one attached hydrogen (secondary N) is 1. The highest BCUT2D eigenvalue weighted by atomic mass is 32.1. The minimum absolute atomic E-state index is 0.187. The average Bonchev–Trinajstić information content (AvgIpc) is 3.43. The third-order valence-electron chi connectivity index (χ3n) is 4.12. The molecule has 0 spiro atoms. The summed E-state index contributed by atoms with van der Waals surface area (Å²) < 4.78 is 11.1. The van der Waals surface area contributed by atoms with Gasteiger partial charge < -0.3 is 9.26 Å². The number of benzene rings is 2. The van der Waals surface area contributed by atoms with E-state index in [1.165, 1.54) is 11.3 Å². The number of para-hydroxylation sites is 1. The molecule has 30 heavy (non-hydrogen) atoms. The van der Waals surface area contributed by atoms with Crippen molar-refractivity contribution in [2.24, 2.45) is 0 Å². The zero-order chi connectivity index (χ0) is 20.9. The largest absolute Gasteiger partial charge is 0.483 e. The van der Waals surface area contributed by atoms with E-state index in [1.807, 2.05) is 56.3 Å². The number of hydrogen-bond acceptors (Lipinski definition) is 8. The topological polar surface area (TPSA) is 103 Å². The first-order valence-corrected chi connectivity index (χ1v) is 10.2. The number of rotatable bonds is 7.